The molecule has 2 aliphatic carbocycles. The van der Waals surface area contributed by atoms with Crippen LogP contribution in [0.1, 0.15) is 88.2 Å². The molecular weight excluding hydrogens is 449 g/mol. The SMILES string of the molecule is CC=CC1CCC(c2ccc(C3CCC(COc4ccc(OCC)cc4F)CC3)c(F)c2F)CC1. The van der Waals surface area contributed by atoms with Crippen LogP contribution in [0.25, 0.3) is 0 Å². The Labute approximate surface area is 207 Å². The van der Waals surface area contributed by atoms with Crippen LogP contribution in [0.2, 0.25) is 0 Å². The van der Waals surface area contributed by atoms with Gasteiger partial charge in [-0.05, 0) is 112 Å². The number of allylic oxidation sites excluding steroid dienone is 2. The van der Waals surface area contributed by atoms with Crippen molar-refractivity contribution in [3.63, 3.8) is 0 Å². The lowest BCUT2D eigenvalue weighted by atomic mass is 9.76. The van der Waals surface area contributed by atoms with E-state index in [2.05, 4.69) is 12.2 Å². The average Bonchev–Trinajstić information content (AvgIpc) is 2.87. The maximum atomic E-state index is 15.1. The molecule has 0 unspecified atom stereocenters. The van der Waals surface area contributed by atoms with E-state index in [1.165, 1.54) is 6.07 Å². The van der Waals surface area contributed by atoms with E-state index in [9.17, 15) is 4.39 Å². The van der Waals surface area contributed by atoms with Gasteiger partial charge in [-0.1, -0.05) is 24.3 Å². The highest BCUT2D eigenvalue weighted by Crippen LogP contribution is 2.41. The van der Waals surface area contributed by atoms with Crippen molar-refractivity contribution in [2.24, 2.45) is 11.8 Å². The Bertz CT molecular complexity index is 1000. The number of rotatable bonds is 8. The van der Waals surface area contributed by atoms with Gasteiger partial charge in [0, 0.05) is 6.07 Å². The van der Waals surface area contributed by atoms with E-state index in [4.69, 9.17) is 9.47 Å². The second kappa shape index (κ2) is 12.0. The predicted molar refractivity (Wildman–Crippen MR) is 134 cm³/mol. The summed E-state index contributed by atoms with van der Waals surface area (Å²) in [6.07, 6.45) is 11.5. The number of hydrogen-bond donors (Lipinski definition) is 0. The quantitative estimate of drug-likeness (QED) is 0.347. The summed E-state index contributed by atoms with van der Waals surface area (Å²) in [4.78, 5) is 0. The highest BCUT2D eigenvalue weighted by Gasteiger charge is 2.29. The van der Waals surface area contributed by atoms with Gasteiger partial charge in [-0.25, -0.2) is 13.2 Å². The Balaban J connectivity index is 1.31. The third kappa shape index (κ3) is 6.23. The molecule has 0 radical (unpaired) electrons. The summed E-state index contributed by atoms with van der Waals surface area (Å²) in [6, 6.07) is 8.29. The first-order chi connectivity index (χ1) is 17.0. The number of hydrogen-bond acceptors (Lipinski definition) is 2. The first-order valence-corrected chi connectivity index (χ1v) is 13.2. The van der Waals surface area contributed by atoms with Gasteiger partial charge in [0.05, 0.1) is 13.2 Å². The Morgan fingerprint density at radius 2 is 1.40 bits per heavy atom. The molecule has 2 aromatic carbocycles. The summed E-state index contributed by atoms with van der Waals surface area (Å²) in [5.41, 5.74) is 1.05. The number of halogens is 3. The molecule has 0 saturated heterocycles. The highest BCUT2D eigenvalue weighted by atomic mass is 19.2. The molecule has 0 amide bonds. The summed E-state index contributed by atoms with van der Waals surface area (Å²) in [5, 5.41) is 0. The third-order valence-corrected chi connectivity index (χ3v) is 7.79. The van der Waals surface area contributed by atoms with Crippen molar-refractivity contribution in [2.45, 2.75) is 77.0 Å². The van der Waals surface area contributed by atoms with E-state index in [-0.39, 0.29) is 23.5 Å². The van der Waals surface area contributed by atoms with E-state index >= 15 is 8.78 Å². The molecule has 4 rings (SSSR count). The Morgan fingerprint density at radius 1 is 0.800 bits per heavy atom. The summed E-state index contributed by atoms with van der Waals surface area (Å²) in [7, 11) is 0. The molecule has 0 aliphatic heterocycles. The van der Waals surface area contributed by atoms with Crippen molar-refractivity contribution in [3.8, 4) is 11.5 Å². The van der Waals surface area contributed by atoms with E-state index in [1.54, 1.807) is 12.1 Å². The summed E-state index contributed by atoms with van der Waals surface area (Å²) in [6.45, 7) is 4.78. The van der Waals surface area contributed by atoms with E-state index < -0.39 is 17.5 Å². The van der Waals surface area contributed by atoms with Crippen LogP contribution in [0.3, 0.4) is 0 Å². The van der Waals surface area contributed by atoms with Crippen molar-refractivity contribution in [1.29, 1.82) is 0 Å². The molecule has 0 bridgehead atoms. The van der Waals surface area contributed by atoms with Gasteiger partial charge in [0.2, 0.25) is 0 Å². The van der Waals surface area contributed by atoms with Gasteiger partial charge < -0.3 is 9.47 Å². The number of ether oxygens (including phenoxy) is 2. The molecule has 2 aliphatic rings. The smallest absolute Gasteiger partial charge is 0.168 e. The summed E-state index contributed by atoms with van der Waals surface area (Å²) < 4.78 is 55.5. The van der Waals surface area contributed by atoms with Crippen molar-refractivity contribution < 1.29 is 22.6 Å². The van der Waals surface area contributed by atoms with Crippen molar-refractivity contribution >= 4 is 0 Å². The van der Waals surface area contributed by atoms with Gasteiger partial charge in [0.25, 0.3) is 0 Å². The normalized spacial score (nSPS) is 25.1. The zero-order valence-corrected chi connectivity index (χ0v) is 20.9. The minimum absolute atomic E-state index is 0.0161. The average molecular weight is 487 g/mol. The van der Waals surface area contributed by atoms with Gasteiger partial charge in [-0.3, -0.25) is 0 Å². The molecule has 2 aromatic rings. The van der Waals surface area contributed by atoms with Crippen LogP contribution in [0.5, 0.6) is 11.5 Å². The van der Waals surface area contributed by atoms with Gasteiger partial charge in [0.1, 0.15) is 5.75 Å². The molecule has 0 heterocycles. The van der Waals surface area contributed by atoms with Crippen LogP contribution in [-0.2, 0) is 0 Å². The van der Waals surface area contributed by atoms with E-state index in [0.29, 0.717) is 36.0 Å². The van der Waals surface area contributed by atoms with Crippen LogP contribution in [-0.4, -0.2) is 13.2 Å². The van der Waals surface area contributed by atoms with Crippen molar-refractivity contribution in [2.75, 3.05) is 13.2 Å². The largest absolute Gasteiger partial charge is 0.494 e. The molecule has 2 fully saturated rings. The van der Waals surface area contributed by atoms with Crippen molar-refractivity contribution in [1.82, 2.24) is 0 Å². The first kappa shape index (κ1) is 25.7. The van der Waals surface area contributed by atoms with Crippen LogP contribution in [0.4, 0.5) is 13.2 Å². The molecule has 0 aromatic heterocycles. The fourth-order valence-corrected chi connectivity index (χ4v) is 5.81. The van der Waals surface area contributed by atoms with Crippen LogP contribution in [0.15, 0.2) is 42.5 Å². The Kier molecular flexibility index (Phi) is 8.80. The molecule has 2 nitrogen and oxygen atoms in total. The van der Waals surface area contributed by atoms with Crippen molar-refractivity contribution in [3.05, 3.63) is 71.1 Å². The fourth-order valence-electron chi connectivity index (χ4n) is 5.81. The Morgan fingerprint density at radius 3 is 1.94 bits per heavy atom. The number of benzene rings is 2. The maximum absolute atomic E-state index is 15.1. The second-order valence-electron chi connectivity index (χ2n) is 10.1. The van der Waals surface area contributed by atoms with Gasteiger partial charge in [-0.2, -0.15) is 0 Å². The van der Waals surface area contributed by atoms with Crippen LogP contribution in [0, 0.1) is 29.3 Å². The second-order valence-corrected chi connectivity index (χ2v) is 10.1. The van der Waals surface area contributed by atoms with Gasteiger partial charge in [-0.15, -0.1) is 0 Å². The molecule has 190 valence electrons. The van der Waals surface area contributed by atoms with Crippen LogP contribution >= 0.6 is 0 Å². The first-order valence-electron chi connectivity index (χ1n) is 13.2. The fraction of sp³-hybridized carbons (Fsp3) is 0.533. The molecule has 5 heteroatoms. The zero-order valence-electron chi connectivity index (χ0n) is 20.9. The summed E-state index contributed by atoms with van der Waals surface area (Å²) >= 11 is 0. The molecule has 0 atom stereocenters. The lowest BCUT2D eigenvalue weighted by molar-refractivity contribution is 0.193. The van der Waals surface area contributed by atoms with E-state index in [1.807, 2.05) is 26.0 Å². The molecular formula is C30H37F3O2. The lowest BCUT2D eigenvalue weighted by Gasteiger charge is -2.30. The standard InChI is InChI=1S/C30H37F3O2/c1-3-5-20-6-10-22(11-7-20)25-15-16-26(30(33)29(25)32)23-12-8-21(9-13-23)19-35-28-17-14-24(34-4-2)18-27(28)31/h3,5,14-18,20-23H,4,6-13,19H2,1-2H3. The van der Waals surface area contributed by atoms with Gasteiger partial charge >= 0.3 is 0 Å². The topological polar surface area (TPSA) is 18.5 Å². The zero-order chi connectivity index (χ0) is 24.8. The Hall–Kier alpha value is -2.43. The minimum Gasteiger partial charge on any atom is -0.494 e. The maximum Gasteiger partial charge on any atom is 0.168 e. The molecule has 0 N–H and O–H groups in total. The molecule has 0 spiro atoms. The van der Waals surface area contributed by atoms with E-state index in [0.717, 1.165) is 51.4 Å². The monoisotopic (exact) mass is 486 g/mol. The summed E-state index contributed by atoms with van der Waals surface area (Å²) in [5.74, 6) is -0.0672. The molecule has 35 heavy (non-hydrogen) atoms. The molecule has 2 saturated carbocycles. The highest BCUT2D eigenvalue weighted by molar-refractivity contribution is 5.33. The minimum atomic E-state index is -0.658. The lowest BCUT2D eigenvalue weighted by Crippen LogP contribution is -2.20. The third-order valence-electron chi connectivity index (χ3n) is 7.79. The van der Waals surface area contributed by atoms with Crippen LogP contribution < -0.4 is 9.47 Å². The predicted octanol–water partition coefficient (Wildman–Crippen LogP) is 8.71. The van der Waals surface area contributed by atoms with Gasteiger partial charge in [0.15, 0.2) is 23.2 Å².